The molecule has 2 aromatic rings. The second kappa shape index (κ2) is 11.5. The van der Waals surface area contributed by atoms with Crippen LogP contribution in [0.2, 0.25) is 0 Å². The van der Waals surface area contributed by atoms with E-state index in [4.69, 9.17) is 12.8 Å². The number of halogens is 5. The van der Waals surface area contributed by atoms with Crippen LogP contribution in [0.15, 0.2) is 12.1 Å². The standard InChI is InChI=1S/C11H16.C6HF5.C6H2.2H2/c1-7-6-8(2)10(4)11(5)9(7)3;7-2-1-3(8)5(10)6(11)4(2)9;1-3-5-6-4-2;;/h6H,1-5H3;1H;1-2H;2*1H. The van der Waals surface area contributed by atoms with Gasteiger partial charge in [-0.25, -0.2) is 22.0 Å². The topological polar surface area (TPSA) is 0 Å². The molecule has 150 valence electrons. The molecule has 0 aliphatic carbocycles. The zero-order valence-corrected chi connectivity index (χ0v) is 16.2. The van der Waals surface area contributed by atoms with Gasteiger partial charge < -0.3 is 0 Å². The van der Waals surface area contributed by atoms with Crippen LogP contribution in [0, 0.1) is 100 Å². The molecule has 0 fully saturated rings. The van der Waals surface area contributed by atoms with Gasteiger partial charge in [-0.15, -0.1) is 12.8 Å². The van der Waals surface area contributed by atoms with Crippen LogP contribution in [0.25, 0.3) is 0 Å². The first-order valence-electron chi connectivity index (χ1n) is 7.93. The van der Waals surface area contributed by atoms with Crippen LogP contribution in [-0.2, 0) is 0 Å². The molecule has 0 aliphatic heterocycles. The smallest absolute Gasteiger partial charge is 0.200 e. The number of hydrogen-bond acceptors (Lipinski definition) is 0. The minimum Gasteiger partial charge on any atom is -0.204 e. The van der Waals surface area contributed by atoms with Gasteiger partial charge in [-0.05, 0) is 86.1 Å². The van der Waals surface area contributed by atoms with Crippen molar-refractivity contribution in [1.82, 2.24) is 0 Å². The largest absolute Gasteiger partial charge is 0.204 e. The molecule has 0 N–H and O–H groups in total. The average Bonchev–Trinajstić information content (AvgIpc) is 2.67. The molecule has 5 heteroatoms. The third kappa shape index (κ3) is 6.82. The Kier molecular flexibility index (Phi) is 10.2. The summed E-state index contributed by atoms with van der Waals surface area (Å²) in [5.41, 5.74) is 7.14. The third-order valence-electron chi connectivity index (χ3n) is 4.01. The summed E-state index contributed by atoms with van der Waals surface area (Å²) >= 11 is 0. The maximum Gasteiger partial charge on any atom is 0.200 e. The predicted molar refractivity (Wildman–Crippen MR) is 106 cm³/mol. The Balaban J connectivity index is -0.000000369. The summed E-state index contributed by atoms with van der Waals surface area (Å²) in [7, 11) is 0. The normalized spacial score (nSPS) is 8.71. The average molecular weight is 394 g/mol. The van der Waals surface area contributed by atoms with E-state index >= 15 is 0 Å². The highest BCUT2D eigenvalue weighted by atomic mass is 19.2. The highest BCUT2D eigenvalue weighted by Crippen LogP contribution is 2.20. The van der Waals surface area contributed by atoms with Crippen LogP contribution in [0.3, 0.4) is 0 Å². The summed E-state index contributed by atoms with van der Waals surface area (Å²) in [6, 6.07) is 2.20. The lowest BCUT2D eigenvalue weighted by Crippen LogP contribution is -1.98. The van der Waals surface area contributed by atoms with E-state index in [0.717, 1.165) is 0 Å². The minimum atomic E-state index is -2.14. The van der Waals surface area contributed by atoms with Crippen molar-refractivity contribution >= 4 is 0 Å². The van der Waals surface area contributed by atoms with Crippen molar-refractivity contribution < 1.29 is 24.8 Å². The Morgan fingerprint density at radius 1 is 0.607 bits per heavy atom. The van der Waals surface area contributed by atoms with Crippen LogP contribution in [-0.4, -0.2) is 0 Å². The van der Waals surface area contributed by atoms with Crippen molar-refractivity contribution in [3.63, 3.8) is 0 Å². The first-order valence-corrected chi connectivity index (χ1v) is 7.93. The van der Waals surface area contributed by atoms with Gasteiger partial charge in [0.1, 0.15) is 0 Å². The minimum absolute atomic E-state index is 0. The van der Waals surface area contributed by atoms with Crippen LogP contribution in [0.1, 0.15) is 30.7 Å². The number of rotatable bonds is 0. The molecule has 0 aliphatic rings. The summed E-state index contributed by atoms with van der Waals surface area (Å²) in [5.74, 6) is -1.05. The van der Waals surface area contributed by atoms with Crippen LogP contribution >= 0.6 is 0 Å². The molecule has 0 bridgehead atoms. The fraction of sp³-hybridized carbons (Fsp3) is 0.217. The van der Waals surface area contributed by atoms with E-state index < -0.39 is 29.1 Å². The molecule has 0 saturated heterocycles. The zero-order valence-electron chi connectivity index (χ0n) is 16.2. The van der Waals surface area contributed by atoms with E-state index in [2.05, 4.69) is 64.4 Å². The second-order valence-corrected chi connectivity index (χ2v) is 5.71. The fourth-order valence-corrected chi connectivity index (χ4v) is 2.03. The molecule has 0 nitrogen and oxygen atoms in total. The van der Waals surface area contributed by atoms with Gasteiger partial charge in [-0.2, -0.15) is 0 Å². The van der Waals surface area contributed by atoms with Gasteiger partial charge in [0.25, 0.3) is 0 Å². The number of hydrogen-bond donors (Lipinski definition) is 0. The lowest BCUT2D eigenvalue weighted by Gasteiger charge is -2.10. The SMILES string of the molecule is C#CC#CC#C.Cc1cc(C)c(C)c(C)c1C.Fc1cc(F)c(F)c(F)c1F.[HH].[HH]. The maximum absolute atomic E-state index is 12.0. The van der Waals surface area contributed by atoms with Crippen molar-refractivity contribution in [1.29, 1.82) is 0 Å². The number of aryl methyl sites for hydroxylation is 2. The first kappa shape index (κ1) is 24.8. The summed E-state index contributed by atoms with van der Waals surface area (Å²) in [4.78, 5) is 0. The Bertz CT molecular complexity index is 872. The lowest BCUT2D eigenvalue weighted by molar-refractivity contribution is 0.378. The van der Waals surface area contributed by atoms with E-state index in [-0.39, 0.29) is 8.92 Å². The van der Waals surface area contributed by atoms with Crippen molar-refractivity contribution in [2.45, 2.75) is 34.6 Å². The molecule has 2 rings (SSSR count). The van der Waals surface area contributed by atoms with Crippen molar-refractivity contribution in [2.75, 3.05) is 0 Å². The van der Waals surface area contributed by atoms with Gasteiger partial charge in [0.15, 0.2) is 23.3 Å². The van der Waals surface area contributed by atoms with Crippen molar-refractivity contribution in [3.8, 4) is 36.5 Å². The third-order valence-corrected chi connectivity index (χ3v) is 4.01. The van der Waals surface area contributed by atoms with Gasteiger partial charge >= 0.3 is 0 Å². The molecule has 0 heterocycles. The van der Waals surface area contributed by atoms with Gasteiger partial charge in [-0.1, -0.05) is 6.07 Å². The lowest BCUT2D eigenvalue weighted by atomic mass is 9.96. The molecule has 0 unspecified atom stereocenters. The Morgan fingerprint density at radius 2 is 0.964 bits per heavy atom. The maximum atomic E-state index is 12.0. The van der Waals surface area contributed by atoms with E-state index in [1.807, 2.05) is 0 Å². The highest BCUT2D eigenvalue weighted by molar-refractivity contribution is 5.42. The molecular weight excluding hydrogens is 371 g/mol. The molecule has 0 atom stereocenters. The predicted octanol–water partition coefficient (Wildman–Crippen LogP) is 6.36. The quantitative estimate of drug-likeness (QED) is 0.211. The Morgan fingerprint density at radius 3 is 1.29 bits per heavy atom. The van der Waals surface area contributed by atoms with Gasteiger partial charge in [-0.3, -0.25) is 0 Å². The van der Waals surface area contributed by atoms with Crippen LogP contribution in [0.4, 0.5) is 22.0 Å². The molecule has 28 heavy (non-hydrogen) atoms. The van der Waals surface area contributed by atoms with E-state index in [0.29, 0.717) is 0 Å². The molecule has 0 radical (unpaired) electrons. The molecule has 0 aromatic heterocycles. The number of terminal acetylenes is 2. The summed E-state index contributed by atoms with van der Waals surface area (Å²) in [6.45, 7) is 10.9. The second-order valence-electron chi connectivity index (χ2n) is 5.71. The molecule has 0 spiro atoms. The fourth-order valence-electron chi connectivity index (χ4n) is 2.03. The van der Waals surface area contributed by atoms with Gasteiger partial charge in [0.2, 0.25) is 5.82 Å². The van der Waals surface area contributed by atoms with Crippen LogP contribution in [0.5, 0.6) is 0 Å². The summed E-state index contributed by atoms with van der Waals surface area (Å²) < 4.78 is 60.0. The van der Waals surface area contributed by atoms with Crippen molar-refractivity contribution in [2.24, 2.45) is 0 Å². The number of benzene rings is 2. The molecule has 0 amide bonds. The van der Waals surface area contributed by atoms with Crippen molar-refractivity contribution in [3.05, 3.63) is 69.0 Å². The molecular formula is C23H23F5. The molecule has 0 saturated carbocycles. The zero-order chi connectivity index (χ0) is 22.0. The summed E-state index contributed by atoms with van der Waals surface area (Å²) in [6.07, 6.45) is 9.39. The Labute approximate surface area is 165 Å². The summed E-state index contributed by atoms with van der Waals surface area (Å²) in [5, 5.41) is 0. The molecule has 2 aromatic carbocycles. The first-order chi connectivity index (χ1) is 13.0. The highest BCUT2D eigenvalue weighted by Gasteiger charge is 2.18. The Hall–Kier alpha value is -3.23. The van der Waals surface area contributed by atoms with Gasteiger partial charge in [0.05, 0.1) is 0 Å². The van der Waals surface area contributed by atoms with E-state index in [1.165, 1.54) is 27.8 Å². The van der Waals surface area contributed by atoms with Crippen LogP contribution < -0.4 is 0 Å². The van der Waals surface area contributed by atoms with E-state index in [1.54, 1.807) is 0 Å². The monoisotopic (exact) mass is 394 g/mol. The van der Waals surface area contributed by atoms with E-state index in [9.17, 15) is 22.0 Å². The van der Waals surface area contributed by atoms with Gasteiger partial charge in [0, 0.05) is 8.92 Å².